The van der Waals surface area contributed by atoms with Crippen molar-refractivity contribution < 1.29 is 19.0 Å². The van der Waals surface area contributed by atoms with Crippen molar-refractivity contribution in [1.29, 1.82) is 0 Å². The third kappa shape index (κ3) is 6.87. The number of pyridine rings is 1. The number of rotatable bonds is 9. The number of nitrogens with one attached hydrogen (secondary N) is 2. The van der Waals surface area contributed by atoms with Gasteiger partial charge in [0.15, 0.2) is 0 Å². The second kappa shape index (κ2) is 11.5. The first kappa shape index (κ1) is 28.6. The molecule has 1 spiro atoms. The lowest BCUT2D eigenvalue weighted by Crippen LogP contribution is -2.52. The normalized spacial score (nSPS) is 19.3. The lowest BCUT2D eigenvalue weighted by atomic mass is 9.73. The van der Waals surface area contributed by atoms with Crippen molar-refractivity contribution in [3.05, 3.63) is 64.5 Å². The van der Waals surface area contributed by atoms with Gasteiger partial charge in [0.05, 0.1) is 12.1 Å². The van der Waals surface area contributed by atoms with Crippen LogP contribution in [0.3, 0.4) is 0 Å². The highest BCUT2D eigenvalue weighted by atomic mass is 32.1. The largest absolute Gasteiger partial charge is 0.471 e. The van der Waals surface area contributed by atoms with Crippen molar-refractivity contribution in [2.45, 2.75) is 90.0 Å². The van der Waals surface area contributed by atoms with Crippen LogP contribution in [-0.2, 0) is 17.6 Å². The molecule has 1 amide bonds. The molecular formula is C31H39FN4O3S. The summed E-state index contributed by atoms with van der Waals surface area (Å²) < 4.78 is 20.9. The summed E-state index contributed by atoms with van der Waals surface area (Å²) in [5, 5.41) is 20.3. The fraction of sp³-hybridized carbons (Fsp3) is 0.516. The SMILES string of the molecule is CC(=O)N[C@@H](Cc1cc(F)cc(-c2nccs2)c1)[C@H](O)CN[C@H]1CC2(CCC2)Oc2ncc(CC(C)(C)C)cc21. The summed E-state index contributed by atoms with van der Waals surface area (Å²) in [6.07, 6.45) is 7.81. The number of aliphatic hydroxyl groups is 1. The molecule has 214 valence electrons. The molecule has 1 fully saturated rings. The van der Waals surface area contributed by atoms with E-state index in [4.69, 9.17) is 9.72 Å². The molecule has 1 saturated carbocycles. The van der Waals surface area contributed by atoms with Gasteiger partial charge in [0.1, 0.15) is 16.4 Å². The first-order valence-electron chi connectivity index (χ1n) is 14.0. The Kier molecular flexibility index (Phi) is 8.27. The maximum Gasteiger partial charge on any atom is 0.218 e. The average molecular weight is 567 g/mol. The van der Waals surface area contributed by atoms with Crippen LogP contribution in [0, 0.1) is 11.2 Å². The van der Waals surface area contributed by atoms with Gasteiger partial charge in [0.2, 0.25) is 11.8 Å². The van der Waals surface area contributed by atoms with Crippen LogP contribution in [0.15, 0.2) is 42.0 Å². The number of aromatic nitrogens is 2. The fourth-order valence-electron chi connectivity index (χ4n) is 5.81. The van der Waals surface area contributed by atoms with Gasteiger partial charge in [-0.2, -0.15) is 0 Å². The third-order valence-corrected chi connectivity index (χ3v) is 8.54. The smallest absolute Gasteiger partial charge is 0.218 e. The summed E-state index contributed by atoms with van der Waals surface area (Å²) in [6.45, 7) is 8.30. The van der Waals surface area contributed by atoms with Crippen LogP contribution in [-0.4, -0.2) is 45.3 Å². The number of halogens is 1. The first-order chi connectivity index (χ1) is 19.0. The van der Waals surface area contributed by atoms with E-state index in [2.05, 4.69) is 42.5 Å². The highest BCUT2D eigenvalue weighted by Gasteiger charge is 2.46. The van der Waals surface area contributed by atoms with E-state index in [-0.39, 0.29) is 41.7 Å². The summed E-state index contributed by atoms with van der Waals surface area (Å²) >= 11 is 1.44. The van der Waals surface area contributed by atoms with E-state index < -0.39 is 12.1 Å². The van der Waals surface area contributed by atoms with Crippen molar-refractivity contribution in [3.8, 4) is 16.5 Å². The van der Waals surface area contributed by atoms with E-state index in [1.54, 1.807) is 6.20 Å². The van der Waals surface area contributed by atoms with Crippen molar-refractivity contribution in [1.82, 2.24) is 20.6 Å². The number of nitrogens with zero attached hydrogens (tertiary/aromatic N) is 2. The van der Waals surface area contributed by atoms with Gasteiger partial charge in [-0.3, -0.25) is 4.79 Å². The Hall–Kier alpha value is -2.88. The Bertz CT molecular complexity index is 1340. The highest BCUT2D eigenvalue weighted by Crippen LogP contribution is 2.48. The Balaban J connectivity index is 1.33. The minimum Gasteiger partial charge on any atom is -0.471 e. The number of benzene rings is 1. The molecule has 40 heavy (non-hydrogen) atoms. The molecular weight excluding hydrogens is 527 g/mol. The van der Waals surface area contributed by atoms with Crippen molar-refractivity contribution in [3.63, 3.8) is 0 Å². The number of thiazole rings is 1. The number of carbonyl (C=O) groups excluding carboxylic acids is 1. The van der Waals surface area contributed by atoms with Gasteiger partial charge in [-0.1, -0.05) is 20.8 Å². The van der Waals surface area contributed by atoms with E-state index in [9.17, 15) is 14.3 Å². The van der Waals surface area contributed by atoms with Gasteiger partial charge in [0.25, 0.3) is 0 Å². The van der Waals surface area contributed by atoms with E-state index in [1.165, 1.54) is 30.4 Å². The maximum absolute atomic E-state index is 14.5. The molecule has 0 radical (unpaired) electrons. The van der Waals surface area contributed by atoms with E-state index in [0.717, 1.165) is 48.2 Å². The monoisotopic (exact) mass is 566 g/mol. The van der Waals surface area contributed by atoms with Crippen LogP contribution >= 0.6 is 11.3 Å². The summed E-state index contributed by atoms with van der Waals surface area (Å²) in [5.41, 5.74) is 3.46. The molecule has 1 aliphatic heterocycles. The summed E-state index contributed by atoms with van der Waals surface area (Å²) in [6, 6.07) is 6.32. The zero-order chi connectivity index (χ0) is 28.5. The van der Waals surface area contributed by atoms with Crippen LogP contribution in [0.1, 0.15) is 76.1 Å². The molecule has 0 saturated heterocycles. The predicted molar refractivity (Wildman–Crippen MR) is 155 cm³/mol. The van der Waals surface area contributed by atoms with Crippen LogP contribution in [0.2, 0.25) is 0 Å². The number of aliphatic hydroxyl groups excluding tert-OH is 1. The molecule has 3 aromatic rings. The molecule has 1 aliphatic carbocycles. The number of hydrogen-bond acceptors (Lipinski definition) is 7. The molecule has 7 nitrogen and oxygen atoms in total. The van der Waals surface area contributed by atoms with Gasteiger partial charge in [-0.15, -0.1) is 11.3 Å². The van der Waals surface area contributed by atoms with Gasteiger partial charge in [-0.05, 0) is 72.9 Å². The zero-order valence-electron chi connectivity index (χ0n) is 23.7. The van der Waals surface area contributed by atoms with Crippen LogP contribution in [0.4, 0.5) is 4.39 Å². The van der Waals surface area contributed by atoms with Crippen molar-refractivity contribution in [2.24, 2.45) is 5.41 Å². The highest BCUT2D eigenvalue weighted by molar-refractivity contribution is 7.13. The Morgan fingerprint density at radius 3 is 2.67 bits per heavy atom. The summed E-state index contributed by atoms with van der Waals surface area (Å²) in [4.78, 5) is 21.1. The molecule has 2 aromatic heterocycles. The molecule has 0 bridgehead atoms. The third-order valence-electron chi connectivity index (χ3n) is 7.72. The molecule has 0 unspecified atom stereocenters. The van der Waals surface area contributed by atoms with Gasteiger partial charge >= 0.3 is 0 Å². The maximum atomic E-state index is 14.5. The van der Waals surface area contributed by atoms with E-state index >= 15 is 0 Å². The van der Waals surface area contributed by atoms with Gasteiger partial charge < -0.3 is 20.5 Å². The molecule has 9 heteroatoms. The summed E-state index contributed by atoms with van der Waals surface area (Å²) in [5.74, 6) is 0.0463. The lowest BCUT2D eigenvalue weighted by molar-refractivity contribution is -0.120. The molecule has 2 aliphatic rings. The minimum atomic E-state index is -0.898. The Morgan fingerprint density at radius 2 is 2.02 bits per heavy atom. The molecule has 3 heterocycles. The van der Waals surface area contributed by atoms with Crippen molar-refractivity contribution in [2.75, 3.05) is 6.54 Å². The first-order valence-corrected chi connectivity index (χ1v) is 14.9. The zero-order valence-corrected chi connectivity index (χ0v) is 24.5. The number of hydrogen-bond donors (Lipinski definition) is 3. The molecule has 1 aromatic carbocycles. The Labute approximate surface area is 239 Å². The average Bonchev–Trinajstić information content (AvgIpc) is 3.39. The molecule has 3 N–H and O–H groups in total. The van der Waals surface area contributed by atoms with Crippen molar-refractivity contribution >= 4 is 17.2 Å². The Morgan fingerprint density at radius 1 is 1.23 bits per heavy atom. The number of fused-ring (bicyclic) bond motifs is 1. The standard InChI is InChI=1S/C31H39FN4O3S/c1-19(37)36-25(13-20-10-22(14-23(32)11-20)29-33-8-9-40-29)27(38)18-34-26-16-31(6-5-7-31)39-28-24(26)12-21(17-35-28)15-30(2,3)4/h8-12,14,17,25-27,34,38H,5-7,13,15-16,18H2,1-4H3,(H,36,37)/t25-,26-,27+/m0/s1. The molecule has 3 atom stereocenters. The van der Waals surface area contributed by atoms with Crippen LogP contribution in [0.5, 0.6) is 5.88 Å². The van der Waals surface area contributed by atoms with Crippen LogP contribution < -0.4 is 15.4 Å². The van der Waals surface area contributed by atoms with Crippen LogP contribution in [0.25, 0.3) is 10.6 Å². The lowest BCUT2D eigenvalue weighted by Gasteiger charge is -2.47. The second-order valence-electron chi connectivity index (χ2n) is 12.5. The minimum absolute atomic E-state index is 0.0326. The number of ether oxygens (including phenoxy) is 1. The second-order valence-corrected chi connectivity index (χ2v) is 13.4. The van der Waals surface area contributed by atoms with Gasteiger partial charge in [-0.25, -0.2) is 14.4 Å². The molecule has 5 rings (SSSR count). The fourth-order valence-corrected chi connectivity index (χ4v) is 6.43. The number of carbonyl (C=O) groups is 1. The number of amides is 1. The predicted octanol–water partition coefficient (Wildman–Crippen LogP) is 5.38. The van der Waals surface area contributed by atoms with E-state index in [1.807, 2.05) is 17.6 Å². The summed E-state index contributed by atoms with van der Waals surface area (Å²) in [7, 11) is 0. The van der Waals surface area contributed by atoms with E-state index in [0.29, 0.717) is 17.0 Å². The quantitative estimate of drug-likeness (QED) is 0.322. The topological polar surface area (TPSA) is 96.4 Å². The van der Waals surface area contributed by atoms with Gasteiger partial charge in [0, 0.05) is 54.8 Å².